The van der Waals surface area contributed by atoms with Gasteiger partial charge in [0.05, 0.1) is 23.8 Å². The third-order valence-electron chi connectivity index (χ3n) is 3.08. The first-order chi connectivity index (χ1) is 9.08. The van der Waals surface area contributed by atoms with E-state index in [-0.39, 0.29) is 5.91 Å². The summed E-state index contributed by atoms with van der Waals surface area (Å²) in [5.41, 5.74) is 4.29. The minimum Gasteiger partial charge on any atom is -0.472 e. The van der Waals surface area contributed by atoms with Gasteiger partial charge in [0.1, 0.15) is 0 Å². The summed E-state index contributed by atoms with van der Waals surface area (Å²) in [5, 5.41) is 2.89. The fourth-order valence-electron chi connectivity index (χ4n) is 2.13. The van der Waals surface area contributed by atoms with Crippen molar-refractivity contribution < 1.29 is 9.21 Å². The van der Waals surface area contributed by atoms with Crippen LogP contribution in [0.5, 0.6) is 0 Å². The number of hydrogen-bond donors (Lipinski definition) is 1. The van der Waals surface area contributed by atoms with Gasteiger partial charge in [-0.05, 0) is 46.6 Å². The maximum Gasteiger partial charge on any atom is 0.256 e. The predicted octanol–water partition coefficient (Wildman–Crippen LogP) is 4.61. The zero-order chi connectivity index (χ0) is 13.6. The largest absolute Gasteiger partial charge is 0.472 e. The number of carbonyl (C=O) groups excluding carboxylic acids is 1. The molecular formula is C14H9Br2NO2. The Bertz CT molecular complexity index is 703. The Morgan fingerprint density at radius 3 is 2.79 bits per heavy atom. The minimum atomic E-state index is -0.0990. The van der Waals surface area contributed by atoms with Crippen LogP contribution in [-0.2, 0) is 4.79 Å². The number of nitrogens with one attached hydrogen (secondary N) is 1. The van der Waals surface area contributed by atoms with Gasteiger partial charge >= 0.3 is 0 Å². The van der Waals surface area contributed by atoms with E-state index < -0.39 is 0 Å². The maximum atomic E-state index is 12.1. The van der Waals surface area contributed by atoms with Gasteiger partial charge in [-0.3, -0.25) is 4.79 Å². The molecule has 0 saturated heterocycles. The smallest absolute Gasteiger partial charge is 0.256 e. The summed E-state index contributed by atoms with van der Waals surface area (Å²) in [6.07, 6.45) is 5.03. The Morgan fingerprint density at radius 2 is 2.11 bits per heavy atom. The van der Waals surface area contributed by atoms with E-state index in [1.54, 1.807) is 12.5 Å². The van der Waals surface area contributed by atoms with Gasteiger partial charge in [0.15, 0.2) is 0 Å². The lowest BCUT2D eigenvalue weighted by molar-refractivity contribution is -0.110. The molecule has 0 saturated carbocycles. The number of anilines is 1. The molecule has 1 aliphatic rings. The molecule has 0 atom stereocenters. The van der Waals surface area contributed by atoms with Crippen molar-refractivity contribution in [1.82, 2.24) is 0 Å². The average Bonchev–Trinajstić information content (AvgIpc) is 2.97. The first kappa shape index (κ1) is 12.7. The lowest BCUT2D eigenvalue weighted by Gasteiger charge is -2.08. The molecule has 0 bridgehead atoms. The molecule has 0 fully saturated rings. The fourth-order valence-corrected chi connectivity index (χ4v) is 3.39. The van der Waals surface area contributed by atoms with E-state index in [0.717, 1.165) is 31.3 Å². The van der Waals surface area contributed by atoms with Gasteiger partial charge in [0.2, 0.25) is 0 Å². The van der Waals surface area contributed by atoms with E-state index in [9.17, 15) is 4.79 Å². The molecule has 0 spiro atoms. The Morgan fingerprint density at radius 1 is 1.32 bits per heavy atom. The van der Waals surface area contributed by atoms with Crippen LogP contribution in [0, 0.1) is 6.92 Å². The molecule has 2 heterocycles. The van der Waals surface area contributed by atoms with Crippen molar-refractivity contribution in [1.29, 1.82) is 0 Å². The quantitative estimate of drug-likeness (QED) is 0.732. The van der Waals surface area contributed by atoms with Gasteiger partial charge in [-0.25, -0.2) is 0 Å². The van der Waals surface area contributed by atoms with Crippen LogP contribution in [0.25, 0.3) is 11.6 Å². The Kier molecular flexibility index (Phi) is 3.11. The second kappa shape index (κ2) is 4.65. The first-order valence-corrected chi connectivity index (χ1v) is 7.20. The number of carbonyl (C=O) groups is 1. The summed E-state index contributed by atoms with van der Waals surface area (Å²) >= 11 is 6.98. The summed E-state index contributed by atoms with van der Waals surface area (Å²) in [6.45, 7) is 1.98. The van der Waals surface area contributed by atoms with Crippen molar-refractivity contribution in [3.63, 3.8) is 0 Å². The first-order valence-electron chi connectivity index (χ1n) is 5.62. The van der Waals surface area contributed by atoms with Gasteiger partial charge < -0.3 is 9.73 Å². The van der Waals surface area contributed by atoms with Gasteiger partial charge in [-0.1, -0.05) is 15.9 Å². The number of amides is 1. The molecule has 0 radical (unpaired) electrons. The van der Waals surface area contributed by atoms with Crippen molar-refractivity contribution in [3.8, 4) is 0 Å². The zero-order valence-corrected chi connectivity index (χ0v) is 13.1. The van der Waals surface area contributed by atoms with Gasteiger partial charge in [0.25, 0.3) is 5.91 Å². The van der Waals surface area contributed by atoms with Gasteiger partial charge in [0, 0.05) is 20.1 Å². The Hall–Kier alpha value is -1.33. The summed E-state index contributed by atoms with van der Waals surface area (Å²) in [7, 11) is 0. The molecule has 1 aliphatic heterocycles. The lowest BCUT2D eigenvalue weighted by Crippen LogP contribution is -2.03. The number of furan rings is 1. The Labute approximate surface area is 126 Å². The molecule has 1 aromatic heterocycles. The lowest BCUT2D eigenvalue weighted by atomic mass is 10.00. The van der Waals surface area contributed by atoms with E-state index in [2.05, 4.69) is 37.2 Å². The van der Waals surface area contributed by atoms with Crippen molar-refractivity contribution in [2.24, 2.45) is 0 Å². The standard InChI is InChI=1S/C14H9Br2NO2/c1-7-10(15)5-11(16)13-12(7)9(14(18)17-13)4-8-2-3-19-6-8/h2-6H,1H3,(H,17,18). The van der Waals surface area contributed by atoms with Crippen LogP contribution < -0.4 is 5.32 Å². The predicted molar refractivity (Wildman–Crippen MR) is 81.8 cm³/mol. The highest BCUT2D eigenvalue weighted by molar-refractivity contribution is 9.11. The number of fused-ring (bicyclic) bond motifs is 1. The summed E-state index contributed by atoms with van der Waals surface area (Å²) < 4.78 is 6.86. The van der Waals surface area contributed by atoms with Crippen LogP contribution in [0.3, 0.4) is 0 Å². The zero-order valence-electron chi connectivity index (χ0n) is 9.96. The second-order valence-corrected chi connectivity index (χ2v) is 5.99. The molecule has 96 valence electrons. The average molecular weight is 383 g/mol. The molecule has 1 N–H and O–H groups in total. The van der Waals surface area contributed by atoms with E-state index in [4.69, 9.17) is 4.42 Å². The van der Waals surface area contributed by atoms with Crippen LogP contribution in [0.1, 0.15) is 16.7 Å². The second-order valence-electron chi connectivity index (χ2n) is 4.28. The molecule has 3 nitrogen and oxygen atoms in total. The van der Waals surface area contributed by atoms with Crippen molar-refractivity contribution in [2.75, 3.05) is 5.32 Å². The molecule has 0 aliphatic carbocycles. The normalized spacial score (nSPS) is 15.7. The minimum absolute atomic E-state index is 0.0990. The molecule has 3 rings (SSSR count). The van der Waals surface area contributed by atoms with E-state index in [1.165, 1.54) is 0 Å². The van der Waals surface area contributed by atoms with Crippen LogP contribution >= 0.6 is 31.9 Å². The number of hydrogen-bond acceptors (Lipinski definition) is 2. The highest BCUT2D eigenvalue weighted by Gasteiger charge is 2.29. The van der Waals surface area contributed by atoms with E-state index in [1.807, 2.05) is 25.1 Å². The van der Waals surface area contributed by atoms with Crippen LogP contribution in [-0.4, -0.2) is 5.91 Å². The molecular weight excluding hydrogens is 374 g/mol. The van der Waals surface area contributed by atoms with Crippen molar-refractivity contribution in [2.45, 2.75) is 6.92 Å². The number of rotatable bonds is 1. The molecule has 2 aromatic rings. The number of benzene rings is 1. The number of halogens is 2. The van der Waals surface area contributed by atoms with Crippen molar-refractivity contribution >= 4 is 55.1 Å². The van der Waals surface area contributed by atoms with Crippen LogP contribution in [0.15, 0.2) is 38.0 Å². The summed E-state index contributed by atoms with van der Waals surface area (Å²) in [4.78, 5) is 12.1. The highest BCUT2D eigenvalue weighted by Crippen LogP contribution is 2.43. The van der Waals surface area contributed by atoms with Gasteiger partial charge in [-0.15, -0.1) is 0 Å². The molecule has 5 heteroatoms. The third kappa shape index (κ3) is 2.07. The Balaban J connectivity index is 2.25. The highest BCUT2D eigenvalue weighted by atomic mass is 79.9. The molecule has 1 aromatic carbocycles. The topological polar surface area (TPSA) is 42.2 Å². The van der Waals surface area contributed by atoms with Crippen LogP contribution in [0.4, 0.5) is 5.69 Å². The fraction of sp³-hybridized carbons (Fsp3) is 0.0714. The van der Waals surface area contributed by atoms with Gasteiger partial charge in [-0.2, -0.15) is 0 Å². The molecule has 19 heavy (non-hydrogen) atoms. The van der Waals surface area contributed by atoms with E-state index >= 15 is 0 Å². The SMILES string of the molecule is Cc1c(Br)cc(Br)c2c1C(=Cc1ccoc1)C(=O)N2. The summed E-state index contributed by atoms with van der Waals surface area (Å²) in [6, 6.07) is 3.76. The monoisotopic (exact) mass is 381 g/mol. The summed E-state index contributed by atoms with van der Waals surface area (Å²) in [5.74, 6) is -0.0990. The molecule has 0 unspecified atom stereocenters. The molecule has 1 amide bonds. The maximum absolute atomic E-state index is 12.1. The van der Waals surface area contributed by atoms with E-state index in [0.29, 0.717) is 5.57 Å². The van der Waals surface area contributed by atoms with Crippen LogP contribution in [0.2, 0.25) is 0 Å². The van der Waals surface area contributed by atoms with Crippen molar-refractivity contribution in [3.05, 3.63) is 50.3 Å². The third-order valence-corrected chi connectivity index (χ3v) is 4.53.